The van der Waals surface area contributed by atoms with Crippen LogP contribution in [0, 0.1) is 10.8 Å². The van der Waals surface area contributed by atoms with E-state index in [2.05, 4.69) is 0 Å². The number of aliphatic hydroxyl groups is 3. The smallest absolute Gasteiger partial charge is 0.187 e. The molecule has 4 rings (SSSR count). The minimum absolute atomic E-state index is 0.339. The summed E-state index contributed by atoms with van der Waals surface area (Å²) in [5.41, 5.74) is -2.16. The highest BCUT2D eigenvalue weighted by Crippen LogP contribution is 2.70. The molecule has 4 aliphatic rings. The molecule has 3 N–H and O–H groups in total. The number of hydrogen-bond acceptors (Lipinski definition) is 6. The van der Waals surface area contributed by atoms with Gasteiger partial charge in [0.1, 0.15) is 17.8 Å². The van der Waals surface area contributed by atoms with E-state index in [4.69, 9.17) is 9.47 Å². The molecule has 21 heavy (non-hydrogen) atoms. The predicted molar refractivity (Wildman–Crippen MR) is 70.4 cm³/mol. The van der Waals surface area contributed by atoms with Gasteiger partial charge in [0.05, 0.1) is 30.8 Å². The topological polar surface area (TPSA) is 99.5 Å². The number of hydrogen-bond donors (Lipinski definition) is 3. The third-order valence-corrected chi connectivity index (χ3v) is 6.43. The number of ketones is 1. The number of ether oxygens (including phenoxy) is 2. The molecule has 3 fully saturated rings. The van der Waals surface area contributed by atoms with Crippen LogP contribution in [0.4, 0.5) is 0 Å². The Morgan fingerprint density at radius 2 is 2.10 bits per heavy atom. The number of rotatable bonds is 1. The summed E-state index contributed by atoms with van der Waals surface area (Å²) in [5.74, 6) is -0.388. The standard InChI is InChI=1S/C15H20O6/c1-7-3-9-14(5-16,11(19)10(7)18)13(2)4-8(17)12(21-9)15(13)6-20-15/h3,8-9,11-12,16-17,19H,4-6H2,1-2H3/t8-,9-,11-,12+,13-,14-,15-/m1/s1. The van der Waals surface area contributed by atoms with Crippen LogP contribution < -0.4 is 0 Å². The summed E-state index contributed by atoms with van der Waals surface area (Å²) in [6.07, 6.45) is -1.14. The first kappa shape index (κ1) is 13.8. The number of epoxide rings is 1. The molecule has 2 bridgehead atoms. The van der Waals surface area contributed by atoms with Crippen LogP contribution in [-0.2, 0) is 14.3 Å². The Labute approximate surface area is 122 Å². The fourth-order valence-corrected chi connectivity index (χ4v) is 5.02. The van der Waals surface area contributed by atoms with Gasteiger partial charge in [-0.15, -0.1) is 0 Å². The van der Waals surface area contributed by atoms with Crippen molar-refractivity contribution < 1.29 is 29.6 Å². The van der Waals surface area contributed by atoms with Crippen molar-refractivity contribution in [2.24, 2.45) is 10.8 Å². The summed E-state index contributed by atoms with van der Waals surface area (Å²) in [6, 6.07) is 0. The Hall–Kier alpha value is -0.790. The van der Waals surface area contributed by atoms with Gasteiger partial charge in [0.2, 0.25) is 0 Å². The predicted octanol–water partition coefficient (Wildman–Crippen LogP) is -0.838. The largest absolute Gasteiger partial charge is 0.396 e. The molecule has 6 heteroatoms. The van der Waals surface area contributed by atoms with Crippen molar-refractivity contribution in [2.75, 3.05) is 13.2 Å². The maximum atomic E-state index is 12.3. The lowest BCUT2D eigenvalue weighted by Gasteiger charge is -2.58. The maximum Gasteiger partial charge on any atom is 0.187 e. The molecule has 0 aromatic heterocycles. The fourth-order valence-electron chi connectivity index (χ4n) is 5.02. The number of Topliss-reactive ketones (excluding diaryl/α,β-unsaturated/α-hetero) is 1. The van der Waals surface area contributed by atoms with Gasteiger partial charge in [-0.25, -0.2) is 0 Å². The van der Waals surface area contributed by atoms with Crippen molar-refractivity contribution in [1.82, 2.24) is 0 Å². The van der Waals surface area contributed by atoms with Crippen LogP contribution in [-0.4, -0.2) is 64.3 Å². The van der Waals surface area contributed by atoms with Crippen molar-refractivity contribution >= 4 is 5.78 Å². The molecule has 1 spiro atoms. The number of carbonyl (C=O) groups excluding carboxylic acids is 1. The Kier molecular flexibility index (Phi) is 2.47. The molecule has 2 heterocycles. The van der Waals surface area contributed by atoms with Gasteiger partial charge in [-0.2, -0.15) is 0 Å². The highest BCUT2D eigenvalue weighted by atomic mass is 16.6. The quantitative estimate of drug-likeness (QED) is 0.546. The average Bonchev–Trinajstić information content (AvgIpc) is 3.20. The second-order valence-corrected chi connectivity index (χ2v) is 7.07. The van der Waals surface area contributed by atoms with E-state index in [1.807, 2.05) is 6.92 Å². The van der Waals surface area contributed by atoms with Gasteiger partial charge in [0.15, 0.2) is 5.78 Å². The van der Waals surface area contributed by atoms with Gasteiger partial charge in [-0.05, 0) is 25.0 Å². The van der Waals surface area contributed by atoms with Crippen LogP contribution in [0.1, 0.15) is 20.3 Å². The molecule has 116 valence electrons. The molecule has 0 amide bonds. The summed E-state index contributed by atoms with van der Waals surface area (Å²) >= 11 is 0. The maximum absolute atomic E-state index is 12.3. The average molecular weight is 296 g/mol. The first-order valence-corrected chi connectivity index (χ1v) is 7.33. The summed E-state index contributed by atoms with van der Waals surface area (Å²) in [6.45, 7) is 3.55. The second kappa shape index (κ2) is 3.75. The third-order valence-electron chi connectivity index (χ3n) is 6.43. The number of fused-ring (bicyclic) bond motifs is 2. The van der Waals surface area contributed by atoms with Crippen molar-refractivity contribution in [3.05, 3.63) is 11.6 Å². The van der Waals surface area contributed by atoms with E-state index < -0.39 is 47.5 Å². The zero-order valence-corrected chi connectivity index (χ0v) is 12.1. The Bertz CT molecular complexity index is 552. The second-order valence-electron chi connectivity index (χ2n) is 7.07. The van der Waals surface area contributed by atoms with Crippen LogP contribution in [0.2, 0.25) is 0 Å². The van der Waals surface area contributed by atoms with Crippen LogP contribution in [0.25, 0.3) is 0 Å². The first-order chi connectivity index (χ1) is 9.84. The Balaban J connectivity index is 1.95. The molecule has 6 nitrogen and oxygen atoms in total. The van der Waals surface area contributed by atoms with E-state index in [0.717, 1.165) is 0 Å². The zero-order chi connectivity index (χ0) is 15.2. The number of carbonyl (C=O) groups is 1. The van der Waals surface area contributed by atoms with E-state index in [-0.39, 0.29) is 5.78 Å². The van der Waals surface area contributed by atoms with Crippen LogP contribution >= 0.6 is 0 Å². The minimum Gasteiger partial charge on any atom is -0.396 e. The molecule has 0 aromatic rings. The highest BCUT2D eigenvalue weighted by molar-refractivity contribution is 6.00. The van der Waals surface area contributed by atoms with Crippen LogP contribution in [0.3, 0.4) is 0 Å². The molecule has 1 saturated carbocycles. The summed E-state index contributed by atoms with van der Waals surface area (Å²) in [5, 5.41) is 31.1. The van der Waals surface area contributed by atoms with Crippen LogP contribution in [0.5, 0.6) is 0 Å². The van der Waals surface area contributed by atoms with Crippen molar-refractivity contribution in [3.8, 4) is 0 Å². The van der Waals surface area contributed by atoms with Gasteiger partial charge < -0.3 is 24.8 Å². The van der Waals surface area contributed by atoms with Crippen LogP contribution in [0.15, 0.2) is 11.6 Å². The minimum atomic E-state index is -1.35. The van der Waals surface area contributed by atoms with E-state index >= 15 is 0 Å². The molecule has 2 aliphatic heterocycles. The summed E-state index contributed by atoms with van der Waals surface area (Å²) in [4.78, 5) is 12.3. The third kappa shape index (κ3) is 1.22. The van der Waals surface area contributed by atoms with Crippen molar-refractivity contribution in [3.63, 3.8) is 0 Å². The van der Waals surface area contributed by atoms with Crippen molar-refractivity contribution in [1.29, 1.82) is 0 Å². The molecular weight excluding hydrogens is 276 g/mol. The zero-order valence-electron chi connectivity index (χ0n) is 12.1. The van der Waals surface area contributed by atoms with Gasteiger partial charge >= 0.3 is 0 Å². The van der Waals surface area contributed by atoms with Gasteiger partial charge in [-0.3, -0.25) is 4.79 Å². The van der Waals surface area contributed by atoms with E-state index in [1.54, 1.807) is 13.0 Å². The molecule has 0 aromatic carbocycles. The number of aliphatic hydroxyl groups excluding tert-OH is 3. The van der Waals surface area contributed by atoms with E-state index in [1.165, 1.54) is 0 Å². The lowest BCUT2D eigenvalue weighted by molar-refractivity contribution is -0.244. The highest BCUT2D eigenvalue weighted by Gasteiger charge is 2.83. The molecule has 0 radical (unpaired) electrons. The lowest BCUT2D eigenvalue weighted by atomic mass is 9.50. The van der Waals surface area contributed by atoms with Gasteiger partial charge in [0.25, 0.3) is 0 Å². The first-order valence-electron chi connectivity index (χ1n) is 7.33. The summed E-state index contributed by atoms with van der Waals surface area (Å²) in [7, 11) is 0. The van der Waals surface area contributed by atoms with Gasteiger partial charge in [0, 0.05) is 5.41 Å². The Morgan fingerprint density at radius 3 is 2.67 bits per heavy atom. The molecular formula is C15H20O6. The molecule has 2 saturated heterocycles. The molecule has 2 aliphatic carbocycles. The lowest BCUT2D eigenvalue weighted by Crippen LogP contribution is -2.70. The van der Waals surface area contributed by atoms with Gasteiger partial charge in [-0.1, -0.05) is 6.92 Å². The summed E-state index contributed by atoms with van der Waals surface area (Å²) < 4.78 is 11.6. The SMILES string of the molecule is CC1=C[C@H]2O[C@H]3[C@H](O)C[C@](C)([C@@]2(CO)[C@H](O)C1=O)[C@@]31CO1. The molecule has 0 unspecified atom stereocenters. The fraction of sp³-hybridized carbons (Fsp3) is 0.800. The monoisotopic (exact) mass is 296 g/mol. The molecule has 7 atom stereocenters. The Morgan fingerprint density at radius 1 is 1.43 bits per heavy atom. The van der Waals surface area contributed by atoms with E-state index in [0.29, 0.717) is 18.6 Å². The van der Waals surface area contributed by atoms with E-state index in [9.17, 15) is 20.1 Å². The van der Waals surface area contributed by atoms with Crippen molar-refractivity contribution in [2.45, 2.75) is 50.3 Å². The normalized spacial score (nSPS) is 58.1.